The van der Waals surface area contributed by atoms with Gasteiger partial charge in [-0.15, -0.1) is 0 Å². The van der Waals surface area contributed by atoms with Gasteiger partial charge in [-0.05, 0) is 38.5 Å². The van der Waals surface area contributed by atoms with Gasteiger partial charge in [0.1, 0.15) is 0 Å². The maximum Gasteiger partial charge on any atom is 0.261 e. The molecule has 0 bridgehead atoms. The maximum absolute atomic E-state index is 13.2. The third kappa shape index (κ3) is 3.61. The Morgan fingerprint density at radius 3 is 2.68 bits per heavy atom. The molecule has 1 aliphatic rings. The summed E-state index contributed by atoms with van der Waals surface area (Å²) in [6.07, 6.45) is 4.55. The number of aliphatic hydroxyl groups is 1. The number of aliphatic hydroxyl groups excluding tert-OH is 1. The van der Waals surface area contributed by atoms with Crippen molar-refractivity contribution >= 4 is 11.6 Å². The van der Waals surface area contributed by atoms with Gasteiger partial charge in [0.25, 0.3) is 11.8 Å². The molecule has 0 saturated heterocycles. The van der Waals surface area contributed by atoms with E-state index in [2.05, 4.69) is 10.1 Å². The van der Waals surface area contributed by atoms with Crippen LogP contribution in [0.5, 0.6) is 11.6 Å². The number of carbonyl (C=O) groups is 1. The fourth-order valence-electron chi connectivity index (χ4n) is 3.90. The van der Waals surface area contributed by atoms with Crippen LogP contribution < -0.4 is 14.4 Å². The van der Waals surface area contributed by atoms with E-state index in [-0.39, 0.29) is 11.9 Å². The molecular formula is C22H25N5O4. The minimum atomic E-state index is -0.529. The lowest BCUT2D eigenvalue weighted by molar-refractivity contribution is 0.0992. The van der Waals surface area contributed by atoms with Crippen molar-refractivity contribution < 1.29 is 19.4 Å². The molecule has 0 aliphatic carbocycles. The van der Waals surface area contributed by atoms with E-state index in [9.17, 15) is 9.90 Å². The molecule has 162 valence electrons. The standard InChI is InChI=1S/C22H25N5O4/c1-12-6-17(15-7-18(30-4)21(31-5)23-8-15)25-20-14(3)27(22(29)19(12)20)16-9-24-26(11-16)10-13(2)28/h6-9,11,13-14,28H,10H2,1-5H3/t13-,14?/m1/s1. The van der Waals surface area contributed by atoms with E-state index in [0.29, 0.717) is 40.8 Å². The number of carbonyl (C=O) groups excluding carboxylic acids is 1. The quantitative estimate of drug-likeness (QED) is 0.650. The highest BCUT2D eigenvalue weighted by atomic mass is 16.5. The molecule has 3 aromatic rings. The van der Waals surface area contributed by atoms with Crippen molar-refractivity contribution in [3.05, 3.63) is 47.5 Å². The highest BCUT2D eigenvalue weighted by Crippen LogP contribution is 2.39. The number of fused-ring (bicyclic) bond motifs is 1. The summed E-state index contributed by atoms with van der Waals surface area (Å²) < 4.78 is 12.2. The molecular weight excluding hydrogens is 398 g/mol. The van der Waals surface area contributed by atoms with Gasteiger partial charge in [0, 0.05) is 18.0 Å². The molecule has 4 rings (SSSR count). The number of pyridine rings is 2. The summed E-state index contributed by atoms with van der Waals surface area (Å²) in [5.74, 6) is 0.797. The minimum absolute atomic E-state index is 0.110. The van der Waals surface area contributed by atoms with E-state index < -0.39 is 6.10 Å². The maximum atomic E-state index is 13.2. The largest absolute Gasteiger partial charge is 0.491 e. The second-order valence-electron chi connectivity index (χ2n) is 7.64. The average molecular weight is 423 g/mol. The molecule has 3 aromatic heterocycles. The van der Waals surface area contributed by atoms with Gasteiger partial charge >= 0.3 is 0 Å². The van der Waals surface area contributed by atoms with Gasteiger partial charge in [0.2, 0.25) is 0 Å². The summed E-state index contributed by atoms with van der Waals surface area (Å²) in [5.41, 5.74) is 4.30. The second-order valence-corrected chi connectivity index (χ2v) is 7.64. The topological polar surface area (TPSA) is 103 Å². The van der Waals surface area contributed by atoms with Gasteiger partial charge in [-0.3, -0.25) is 14.4 Å². The summed E-state index contributed by atoms with van der Waals surface area (Å²) in [6.45, 7) is 5.90. The molecule has 2 atom stereocenters. The Morgan fingerprint density at radius 1 is 1.23 bits per heavy atom. The first-order chi connectivity index (χ1) is 14.8. The van der Waals surface area contributed by atoms with E-state index in [1.807, 2.05) is 26.0 Å². The van der Waals surface area contributed by atoms with Crippen LogP contribution in [0.15, 0.2) is 30.7 Å². The van der Waals surface area contributed by atoms with Gasteiger partial charge in [-0.1, -0.05) is 0 Å². The fourth-order valence-corrected chi connectivity index (χ4v) is 3.90. The number of ether oxygens (including phenoxy) is 2. The smallest absolute Gasteiger partial charge is 0.261 e. The Balaban J connectivity index is 1.72. The van der Waals surface area contributed by atoms with Crippen molar-refractivity contribution in [2.45, 2.75) is 39.5 Å². The monoisotopic (exact) mass is 423 g/mol. The van der Waals surface area contributed by atoms with Crippen molar-refractivity contribution in [2.75, 3.05) is 19.1 Å². The molecule has 1 N–H and O–H groups in total. The molecule has 0 saturated carbocycles. The molecule has 4 heterocycles. The number of aryl methyl sites for hydroxylation is 1. The molecule has 1 unspecified atom stereocenters. The Kier molecular flexibility index (Phi) is 5.36. The van der Waals surface area contributed by atoms with Crippen LogP contribution in [0.1, 0.15) is 41.5 Å². The molecule has 31 heavy (non-hydrogen) atoms. The van der Waals surface area contributed by atoms with E-state index in [0.717, 1.165) is 11.1 Å². The average Bonchev–Trinajstić information content (AvgIpc) is 3.28. The van der Waals surface area contributed by atoms with Gasteiger partial charge < -0.3 is 14.6 Å². The predicted octanol–water partition coefficient (Wildman–Crippen LogP) is 2.77. The Hall–Kier alpha value is -3.46. The molecule has 0 aromatic carbocycles. The lowest BCUT2D eigenvalue weighted by Gasteiger charge is -2.19. The minimum Gasteiger partial charge on any atom is -0.491 e. The molecule has 9 heteroatoms. The van der Waals surface area contributed by atoms with Crippen LogP contribution in [-0.2, 0) is 6.54 Å². The van der Waals surface area contributed by atoms with Gasteiger partial charge in [0.15, 0.2) is 5.75 Å². The van der Waals surface area contributed by atoms with Crippen molar-refractivity contribution in [1.29, 1.82) is 0 Å². The van der Waals surface area contributed by atoms with Crippen molar-refractivity contribution in [3.8, 4) is 22.9 Å². The fraction of sp³-hybridized carbons (Fsp3) is 0.364. The normalized spacial score (nSPS) is 16.4. The van der Waals surface area contributed by atoms with Crippen molar-refractivity contribution in [2.24, 2.45) is 0 Å². The Labute approximate surface area is 180 Å². The first kappa shape index (κ1) is 20.8. The third-order valence-electron chi connectivity index (χ3n) is 5.34. The van der Waals surface area contributed by atoms with Gasteiger partial charge in [-0.2, -0.15) is 5.10 Å². The van der Waals surface area contributed by atoms with Gasteiger partial charge in [-0.25, -0.2) is 9.97 Å². The first-order valence-corrected chi connectivity index (χ1v) is 9.98. The number of hydrogen-bond acceptors (Lipinski definition) is 7. The van der Waals surface area contributed by atoms with E-state index in [4.69, 9.17) is 14.5 Å². The zero-order chi connectivity index (χ0) is 22.3. The van der Waals surface area contributed by atoms with Crippen LogP contribution >= 0.6 is 0 Å². The summed E-state index contributed by atoms with van der Waals surface area (Å²) >= 11 is 0. The number of nitrogens with zero attached hydrogens (tertiary/aromatic N) is 5. The zero-order valence-corrected chi connectivity index (χ0v) is 18.2. The van der Waals surface area contributed by atoms with Crippen LogP contribution in [0.25, 0.3) is 11.3 Å². The number of hydrogen-bond donors (Lipinski definition) is 1. The van der Waals surface area contributed by atoms with Crippen LogP contribution in [0.3, 0.4) is 0 Å². The van der Waals surface area contributed by atoms with E-state index >= 15 is 0 Å². The highest BCUT2D eigenvalue weighted by molar-refractivity contribution is 6.11. The first-order valence-electron chi connectivity index (χ1n) is 9.98. The molecule has 0 radical (unpaired) electrons. The number of rotatable bonds is 6. The molecule has 0 fully saturated rings. The molecule has 1 amide bonds. The predicted molar refractivity (Wildman–Crippen MR) is 114 cm³/mol. The number of aromatic nitrogens is 4. The number of anilines is 1. The van der Waals surface area contributed by atoms with Crippen LogP contribution in [0, 0.1) is 6.92 Å². The highest BCUT2D eigenvalue weighted by Gasteiger charge is 2.38. The SMILES string of the molecule is COc1cc(-c2cc(C)c3c(n2)C(C)N(c2cnn(C[C@@H](C)O)c2)C3=O)cnc1OC. The van der Waals surface area contributed by atoms with Crippen molar-refractivity contribution in [1.82, 2.24) is 19.7 Å². The molecule has 0 spiro atoms. The summed E-state index contributed by atoms with van der Waals surface area (Å²) in [4.78, 5) is 24.0. The van der Waals surface area contributed by atoms with E-state index in [1.165, 1.54) is 7.11 Å². The zero-order valence-electron chi connectivity index (χ0n) is 18.2. The van der Waals surface area contributed by atoms with Crippen LogP contribution in [0.2, 0.25) is 0 Å². The lowest BCUT2D eigenvalue weighted by atomic mass is 10.0. The number of methoxy groups -OCH3 is 2. The molecule has 1 aliphatic heterocycles. The molecule has 9 nitrogen and oxygen atoms in total. The Bertz CT molecular complexity index is 1140. The third-order valence-corrected chi connectivity index (χ3v) is 5.34. The Morgan fingerprint density at radius 2 is 2.00 bits per heavy atom. The van der Waals surface area contributed by atoms with Crippen LogP contribution in [0.4, 0.5) is 5.69 Å². The summed E-state index contributed by atoms with van der Waals surface area (Å²) in [5, 5.41) is 13.9. The van der Waals surface area contributed by atoms with E-state index in [1.54, 1.807) is 42.2 Å². The lowest BCUT2D eigenvalue weighted by Crippen LogP contribution is -2.26. The second kappa shape index (κ2) is 7.99. The van der Waals surface area contributed by atoms with Crippen LogP contribution in [-0.4, -0.2) is 51.1 Å². The van der Waals surface area contributed by atoms with Crippen molar-refractivity contribution in [3.63, 3.8) is 0 Å². The summed E-state index contributed by atoms with van der Waals surface area (Å²) in [7, 11) is 3.09. The number of amides is 1. The summed E-state index contributed by atoms with van der Waals surface area (Å²) in [6, 6.07) is 3.44. The van der Waals surface area contributed by atoms with Gasteiger partial charge in [0.05, 0.1) is 61.7 Å².